The Morgan fingerprint density at radius 2 is 1.77 bits per heavy atom. The second kappa shape index (κ2) is 10.5. The summed E-state index contributed by atoms with van der Waals surface area (Å²) in [4.78, 5) is 21.7. The van der Waals surface area contributed by atoms with Crippen molar-refractivity contribution in [2.24, 2.45) is 0 Å². The van der Waals surface area contributed by atoms with Gasteiger partial charge in [-0.1, -0.05) is 60.7 Å². The van der Waals surface area contributed by atoms with Crippen molar-refractivity contribution in [3.05, 3.63) is 108 Å². The molecule has 0 aliphatic carbocycles. The predicted octanol–water partition coefficient (Wildman–Crippen LogP) is 5.70. The number of hydrogen-bond acceptors (Lipinski definition) is 5. The van der Waals surface area contributed by atoms with E-state index in [1.807, 2.05) is 24.3 Å². The summed E-state index contributed by atoms with van der Waals surface area (Å²) in [5, 5.41) is 11.7. The summed E-state index contributed by atoms with van der Waals surface area (Å²) in [5.74, 6) is 0.765. The standard InChI is InChI=1S/C28H27N3O3S/c32-28(33)31-15-12-24(21-8-10-22(11-9-21)26(35)27-29-13-3-14-30-27)25(17-31)34-18-19-6-7-20-4-1-2-5-23(20)16-19/h1-11,13-14,16,24-26,35H,12,15,17-18H2,(H,32,33). The van der Waals surface area contributed by atoms with Crippen LogP contribution in [0.5, 0.6) is 0 Å². The number of ether oxygens (including phenoxy) is 1. The molecule has 7 heteroatoms. The number of rotatable bonds is 6. The Bertz CT molecular complexity index is 1300. The fourth-order valence-corrected chi connectivity index (χ4v) is 5.00. The van der Waals surface area contributed by atoms with Crippen LogP contribution in [0, 0.1) is 0 Å². The Labute approximate surface area is 210 Å². The van der Waals surface area contributed by atoms with E-state index in [-0.39, 0.29) is 17.3 Å². The van der Waals surface area contributed by atoms with Gasteiger partial charge in [0.2, 0.25) is 0 Å². The summed E-state index contributed by atoms with van der Waals surface area (Å²) in [6.45, 7) is 1.27. The number of nitrogens with zero attached hydrogens (tertiary/aromatic N) is 3. The van der Waals surface area contributed by atoms with Gasteiger partial charge in [0.05, 0.1) is 24.5 Å². The Kier molecular flexibility index (Phi) is 6.97. The second-order valence-electron chi connectivity index (χ2n) is 8.83. The van der Waals surface area contributed by atoms with Crippen molar-refractivity contribution in [3.63, 3.8) is 0 Å². The number of aromatic nitrogens is 2. The molecule has 1 N–H and O–H groups in total. The first-order valence-corrected chi connectivity index (χ1v) is 12.2. The molecule has 1 saturated heterocycles. The molecule has 1 aromatic heterocycles. The molecule has 5 rings (SSSR count). The largest absolute Gasteiger partial charge is 0.465 e. The van der Waals surface area contributed by atoms with Gasteiger partial charge in [-0.05, 0) is 46.0 Å². The van der Waals surface area contributed by atoms with Crippen LogP contribution >= 0.6 is 12.6 Å². The number of thiol groups is 1. The molecule has 35 heavy (non-hydrogen) atoms. The van der Waals surface area contributed by atoms with Crippen molar-refractivity contribution in [1.29, 1.82) is 0 Å². The van der Waals surface area contributed by atoms with Gasteiger partial charge in [0, 0.05) is 24.9 Å². The van der Waals surface area contributed by atoms with Crippen molar-refractivity contribution >= 4 is 29.5 Å². The molecule has 3 unspecified atom stereocenters. The van der Waals surface area contributed by atoms with Crippen LogP contribution in [0.4, 0.5) is 4.79 Å². The number of carboxylic acid groups (broad SMARTS) is 1. The molecule has 6 nitrogen and oxygen atoms in total. The Balaban J connectivity index is 1.33. The molecular formula is C28H27N3O3S. The summed E-state index contributed by atoms with van der Waals surface area (Å²) in [7, 11) is 0. The van der Waals surface area contributed by atoms with Gasteiger partial charge in [-0.2, -0.15) is 12.6 Å². The first-order valence-electron chi connectivity index (χ1n) is 11.7. The first-order chi connectivity index (χ1) is 17.1. The van der Waals surface area contributed by atoms with Gasteiger partial charge in [0.25, 0.3) is 0 Å². The Morgan fingerprint density at radius 1 is 1.03 bits per heavy atom. The third kappa shape index (κ3) is 5.31. The molecule has 3 aromatic carbocycles. The minimum absolute atomic E-state index is 0.103. The number of benzene rings is 3. The average molecular weight is 486 g/mol. The van der Waals surface area contributed by atoms with Crippen LogP contribution in [0.1, 0.15) is 40.1 Å². The van der Waals surface area contributed by atoms with Gasteiger partial charge >= 0.3 is 6.09 Å². The molecule has 0 bridgehead atoms. The highest BCUT2D eigenvalue weighted by molar-refractivity contribution is 7.80. The van der Waals surface area contributed by atoms with Gasteiger partial charge in [0.1, 0.15) is 5.82 Å². The smallest absolute Gasteiger partial charge is 0.407 e. The maximum Gasteiger partial charge on any atom is 0.407 e. The second-order valence-corrected chi connectivity index (χ2v) is 9.35. The van der Waals surface area contributed by atoms with Crippen molar-refractivity contribution in [1.82, 2.24) is 14.9 Å². The van der Waals surface area contributed by atoms with E-state index in [1.165, 1.54) is 15.7 Å². The zero-order valence-electron chi connectivity index (χ0n) is 19.2. The fourth-order valence-electron chi connectivity index (χ4n) is 4.70. The molecule has 0 spiro atoms. The van der Waals surface area contributed by atoms with Crippen molar-refractivity contribution in [3.8, 4) is 0 Å². The fraction of sp³-hybridized carbons (Fsp3) is 0.250. The lowest BCUT2D eigenvalue weighted by Gasteiger charge is -2.37. The molecule has 4 aromatic rings. The molecule has 1 aliphatic heterocycles. The van der Waals surface area contributed by atoms with Crippen LogP contribution in [0.15, 0.2) is 85.2 Å². The number of hydrogen-bond donors (Lipinski definition) is 2. The van der Waals surface area contributed by atoms with E-state index in [9.17, 15) is 9.90 Å². The van der Waals surface area contributed by atoms with E-state index >= 15 is 0 Å². The van der Waals surface area contributed by atoms with Crippen LogP contribution in [0.25, 0.3) is 10.8 Å². The molecule has 2 heterocycles. The summed E-state index contributed by atoms with van der Waals surface area (Å²) in [6, 6.07) is 24.6. The normalized spacial score (nSPS) is 18.9. The molecule has 1 fully saturated rings. The lowest BCUT2D eigenvalue weighted by Crippen LogP contribution is -2.46. The Morgan fingerprint density at radius 3 is 2.51 bits per heavy atom. The average Bonchev–Trinajstić information content (AvgIpc) is 2.92. The number of amides is 1. The lowest BCUT2D eigenvalue weighted by atomic mass is 9.86. The summed E-state index contributed by atoms with van der Waals surface area (Å²) in [5.41, 5.74) is 3.22. The zero-order chi connectivity index (χ0) is 24.2. The molecule has 0 saturated carbocycles. The van der Waals surface area contributed by atoms with Crippen molar-refractivity contribution in [2.75, 3.05) is 13.1 Å². The monoisotopic (exact) mass is 485 g/mol. The van der Waals surface area contributed by atoms with Gasteiger partial charge in [0.15, 0.2) is 0 Å². The molecular weight excluding hydrogens is 458 g/mol. The maximum atomic E-state index is 11.7. The summed E-state index contributed by atoms with van der Waals surface area (Å²) >= 11 is 4.70. The van der Waals surface area contributed by atoms with Crippen LogP contribution in [0.3, 0.4) is 0 Å². The lowest BCUT2D eigenvalue weighted by molar-refractivity contribution is -0.0199. The number of likely N-dealkylation sites (tertiary alicyclic amines) is 1. The molecule has 0 radical (unpaired) electrons. The molecule has 3 atom stereocenters. The maximum absolute atomic E-state index is 11.7. The first kappa shape index (κ1) is 23.3. The number of piperidine rings is 1. The van der Waals surface area contributed by atoms with Crippen LogP contribution in [0.2, 0.25) is 0 Å². The highest BCUT2D eigenvalue weighted by atomic mass is 32.1. The SMILES string of the molecule is O=C(O)N1CCC(c2ccc(C(S)c3ncccn3)cc2)C(OCc2ccc3ccccc3c2)C1. The minimum Gasteiger partial charge on any atom is -0.465 e. The van der Waals surface area contributed by atoms with Crippen LogP contribution < -0.4 is 0 Å². The van der Waals surface area contributed by atoms with Gasteiger partial charge < -0.3 is 14.7 Å². The van der Waals surface area contributed by atoms with Crippen molar-refractivity contribution in [2.45, 2.75) is 30.3 Å². The van der Waals surface area contributed by atoms with Crippen LogP contribution in [-0.4, -0.2) is 45.3 Å². The quantitative estimate of drug-likeness (QED) is 0.343. The van der Waals surface area contributed by atoms with Gasteiger partial charge in [-0.3, -0.25) is 0 Å². The third-order valence-electron chi connectivity index (χ3n) is 6.62. The van der Waals surface area contributed by atoms with Crippen molar-refractivity contribution < 1.29 is 14.6 Å². The van der Waals surface area contributed by atoms with E-state index in [0.717, 1.165) is 16.7 Å². The molecule has 1 amide bonds. The zero-order valence-corrected chi connectivity index (χ0v) is 20.1. The highest BCUT2D eigenvalue weighted by Crippen LogP contribution is 2.33. The predicted molar refractivity (Wildman–Crippen MR) is 139 cm³/mol. The minimum atomic E-state index is -0.904. The highest BCUT2D eigenvalue weighted by Gasteiger charge is 2.33. The summed E-state index contributed by atoms with van der Waals surface area (Å²) < 4.78 is 6.37. The number of carbonyl (C=O) groups is 1. The Hall–Kier alpha value is -3.42. The number of fused-ring (bicyclic) bond motifs is 1. The van der Waals surface area contributed by atoms with Crippen LogP contribution in [-0.2, 0) is 11.3 Å². The van der Waals surface area contributed by atoms with E-state index in [2.05, 4.69) is 52.4 Å². The van der Waals surface area contributed by atoms with E-state index in [0.29, 0.717) is 31.9 Å². The molecule has 178 valence electrons. The topological polar surface area (TPSA) is 75.5 Å². The van der Waals surface area contributed by atoms with E-state index < -0.39 is 6.09 Å². The third-order valence-corrected chi connectivity index (χ3v) is 7.15. The van der Waals surface area contributed by atoms with E-state index in [1.54, 1.807) is 18.5 Å². The molecule has 1 aliphatic rings. The summed E-state index contributed by atoms with van der Waals surface area (Å²) in [6.07, 6.45) is 3.00. The van der Waals surface area contributed by atoms with Gasteiger partial charge in [-0.15, -0.1) is 0 Å². The van der Waals surface area contributed by atoms with Gasteiger partial charge in [-0.25, -0.2) is 14.8 Å². The van der Waals surface area contributed by atoms with E-state index in [4.69, 9.17) is 17.4 Å².